The Bertz CT molecular complexity index is 719. The zero-order chi connectivity index (χ0) is 17.1. The predicted octanol–water partition coefficient (Wildman–Crippen LogP) is 4.42. The summed E-state index contributed by atoms with van der Waals surface area (Å²) in [5, 5.41) is 3.07. The molecule has 0 bridgehead atoms. The van der Waals surface area contributed by atoms with Gasteiger partial charge in [-0.2, -0.15) is 0 Å². The molecule has 5 heteroatoms. The van der Waals surface area contributed by atoms with Crippen molar-refractivity contribution in [2.24, 2.45) is 0 Å². The van der Waals surface area contributed by atoms with E-state index in [0.29, 0.717) is 0 Å². The fourth-order valence-corrected chi connectivity index (χ4v) is 3.43. The van der Waals surface area contributed by atoms with Gasteiger partial charge in [0.25, 0.3) is 0 Å². The Morgan fingerprint density at radius 3 is 2.25 bits per heavy atom. The van der Waals surface area contributed by atoms with E-state index in [0.717, 1.165) is 47.5 Å². The number of carbonyl (C=O) groups is 1. The minimum atomic E-state index is -0.0127. The molecule has 1 aliphatic heterocycles. The van der Waals surface area contributed by atoms with E-state index < -0.39 is 0 Å². The molecule has 1 aliphatic rings. The second-order valence-electron chi connectivity index (χ2n) is 6.15. The largest absolute Gasteiger partial charge is 0.368 e. The molecule has 0 saturated carbocycles. The van der Waals surface area contributed by atoms with Crippen LogP contribution in [-0.4, -0.2) is 37.1 Å². The molecule has 1 saturated heterocycles. The van der Waals surface area contributed by atoms with Gasteiger partial charge in [-0.25, -0.2) is 4.79 Å². The third-order valence-electron chi connectivity index (χ3n) is 4.45. The fraction of sp³-hybridized carbons (Fsp3) is 0.316. The molecule has 2 aromatic carbocycles. The van der Waals surface area contributed by atoms with Gasteiger partial charge in [-0.1, -0.05) is 40.2 Å². The molecular weight excluding hydrogens is 366 g/mol. The number of urea groups is 1. The van der Waals surface area contributed by atoms with Gasteiger partial charge in [0.15, 0.2) is 0 Å². The second kappa shape index (κ2) is 7.26. The number of piperazine rings is 1. The van der Waals surface area contributed by atoms with Crippen LogP contribution in [0.3, 0.4) is 0 Å². The fourth-order valence-electron chi connectivity index (χ4n) is 3.04. The predicted molar refractivity (Wildman–Crippen MR) is 103 cm³/mol. The molecule has 0 radical (unpaired) electrons. The normalized spacial score (nSPS) is 14.6. The average molecular weight is 388 g/mol. The van der Waals surface area contributed by atoms with Crippen molar-refractivity contribution in [3.8, 4) is 0 Å². The van der Waals surface area contributed by atoms with Gasteiger partial charge >= 0.3 is 6.03 Å². The highest BCUT2D eigenvalue weighted by Gasteiger charge is 2.22. The lowest BCUT2D eigenvalue weighted by atomic mass is 10.1. The van der Waals surface area contributed by atoms with Gasteiger partial charge in [0.2, 0.25) is 0 Å². The molecule has 0 atom stereocenters. The van der Waals surface area contributed by atoms with Crippen LogP contribution in [0.1, 0.15) is 11.1 Å². The first-order valence-corrected chi connectivity index (χ1v) is 8.96. The summed E-state index contributed by atoms with van der Waals surface area (Å²) in [5.74, 6) is 0. The second-order valence-corrected chi connectivity index (χ2v) is 7.07. The van der Waals surface area contributed by atoms with Crippen LogP contribution in [0.2, 0.25) is 0 Å². The van der Waals surface area contributed by atoms with Gasteiger partial charge in [-0.05, 0) is 43.2 Å². The van der Waals surface area contributed by atoms with Gasteiger partial charge in [-0.15, -0.1) is 0 Å². The lowest BCUT2D eigenvalue weighted by molar-refractivity contribution is 0.208. The minimum absolute atomic E-state index is 0.0127. The molecule has 1 heterocycles. The van der Waals surface area contributed by atoms with Crippen LogP contribution in [0.15, 0.2) is 46.9 Å². The molecule has 4 nitrogen and oxygen atoms in total. The van der Waals surface area contributed by atoms with Crippen molar-refractivity contribution in [1.29, 1.82) is 0 Å². The van der Waals surface area contributed by atoms with Gasteiger partial charge in [0.1, 0.15) is 0 Å². The average Bonchev–Trinajstić information content (AvgIpc) is 2.58. The maximum atomic E-state index is 12.6. The molecule has 0 spiro atoms. The van der Waals surface area contributed by atoms with Crippen molar-refractivity contribution in [1.82, 2.24) is 4.90 Å². The standard InChI is InChI=1S/C19H22BrN3O/c1-14-5-3-6-15(2)18(14)21-19(24)23-11-9-22(10-12-23)17-8-4-7-16(20)13-17/h3-8,13H,9-12H2,1-2H3,(H,21,24). The van der Waals surface area contributed by atoms with E-state index >= 15 is 0 Å². The zero-order valence-electron chi connectivity index (χ0n) is 14.1. The molecule has 3 rings (SSSR count). The van der Waals surface area contributed by atoms with Crippen LogP contribution < -0.4 is 10.2 Å². The molecule has 0 aromatic heterocycles. The lowest BCUT2D eigenvalue weighted by Crippen LogP contribution is -2.50. The Morgan fingerprint density at radius 1 is 1.00 bits per heavy atom. The first-order chi connectivity index (χ1) is 11.5. The SMILES string of the molecule is Cc1cccc(C)c1NC(=O)N1CCN(c2cccc(Br)c2)CC1. The highest BCUT2D eigenvalue weighted by atomic mass is 79.9. The summed E-state index contributed by atoms with van der Waals surface area (Å²) in [7, 11) is 0. The number of para-hydroxylation sites is 1. The quantitative estimate of drug-likeness (QED) is 0.827. The van der Waals surface area contributed by atoms with E-state index in [2.05, 4.69) is 38.3 Å². The number of rotatable bonds is 2. The molecule has 126 valence electrons. The maximum Gasteiger partial charge on any atom is 0.321 e. The zero-order valence-corrected chi connectivity index (χ0v) is 15.6. The topological polar surface area (TPSA) is 35.6 Å². The van der Waals surface area contributed by atoms with Gasteiger partial charge < -0.3 is 15.1 Å². The monoisotopic (exact) mass is 387 g/mol. The summed E-state index contributed by atoms with van der Waals surface area (Å²) < 4.78 is 1.08. The minimum Gasteiger partial charge on any atom is -0.368 e. The van der Waals surface area contributed by atoms with Crippen LogP contribution >= 0.6 is 15.9 Å². The van der Waals surface area contributed by atoms with Crippen LogP contribution in [0.5, 0.6) is 0 Å². The summed E-state index contributed by atoms with van der Waals surface area (Å²) in [6.07, 6.45) is 0. The van der Waals surface area contributed by atoms with Crippen LogP contribution in [-0.2, 0) is 0 Å². The van der Waals surface area contributed by atoms with E-state index in [9.17, 15) is 4.79 Å². The van der Waals surface area contributed by atoms with Crippen molar-refractivity contribution < 1.29 is 4.79 Å². The number of nitrogens with one attached hydrogen (secondary N) is 1. The van der Waals surface area contributed by atoms with Crippen molar-refractivity contribution in [2.45, 2.75) is 13.8 Å². The summed E-state index contributed by atoms with van der Waals surface area (Å²) in [6.45, 7) is 7.18. The summed E-state index contributed by atoms with van der Waals surface area (Å²) in [6, 6.07) is 14.3. The summed E-state index contributed by atoms with van der Waals surface area (Å²) in [5.41, 5.74) is 4.31. The van der Waals surface area contributed by atoms with E-state index in [4.69, 9.17) is 0 Å². The lowest BCUT2D eigenvalue weighted by Gasteiger charge is -2.36. The summed E-state index contributed by atoms with van der Waals surface area (Å²) in [4.78, 5) is 16.8. The molecule has 2 amide bonds. The number of aryl methyl sites for hydroxylation is 2. The number of nitrogens with zero attached hydrogens (tertiary/aromatic N) is 2. The Hall–Kier alpha value is -2.01. The molecular formula is C19H22BrN3O. The number of carbonyl (C=O) groups excluding carboxylic acids is 1. The van der Waals surface area contributed by atoms with E-state index in [-0.39, 0.29) is 6.03 Å². The van der Waals surface area contributed by atoms with E-state index in [1.54, 1.807) is 0 Å². The van der Waals surface area contributed by atoms with Crippen LogP contribution in [0.4, 0.5) is 16.2 Å². The van der Waals surface area contributed by atoms with Crippen molar-refractivity contribution in [2.75, 3.05) is 36.4 Å². The van der Waals surface area contributed by atoms with Crippen LogP contribution in [0, 0.1) is 13.8 Å². The number of benzene rings is 2. The van der Waals surface area contributed by atoms with Crippen molar-refractivity contribution in [3.05, 3.63) is 58.1 Å². The van der Waals surface area contributed by atoms with Crippen molar-refractivity contribution in [3.63, 3.8) is 0 Å². The number of anilines is 2. The highest BCUT2D eigenvalue weighted by molar-refractivity contribution is 9.10. The molecule has 24 heavy (non-hydrogen) atoms. The summed E-state index contributed by atoms with van der Waals surface area (Å²) >= 11 is 3.51. The van der Waals surface area contributed by atoms with Crippen LogP contribution in [0.25, 0.3) is 0 Å². The first kappa shape index (κ1) is 16.8. The van der Waals surface area contributed by atoms with Gasteiger partial charge in [0.05, 0.1) is 0 Å². The number of hydrogen-bond donors (Lipinski definition) is 1. The van der Waals surface area contributed by atoms with E-state index in [1.807, 2.05) is 49.1 Å². The maximum absolute atomic E-state index is 12.6. The Labute approximate surface area is 151 Å². The third-order valence-corrected chi connectivity index (χ3v) is 4.95. The van der Waals surface area contributed by atoms with E-state index in [1.165, 1.54) is 5.69 Å². The number of halogens is 1. The Kier molecular flexibility index (Phi) is 5.09. The van der Waals surface area contributed by atoms with Gasteiger partial charge in [0, 0.05) is 42.0 Å². The Morgan fingerprint density at radius 2 is 1.62 bits per heavy atom. The number of amides is 2. The molecule has 1 fully saturated rings. The molecule has 2 aromatic rings. The van der Waals surface area contributed by atoms with Gasteiger partial charge in [-0.3, -0.25) is 0 Å². The molecule has 1 N–H and O–H groups in total. The highest BCUT2D eigenvalue weighted by Crippen LogP contribution is 2.22. The molecule has 0 aliphatic carbocycles. The third kappa shape index (κ3) is 3.73. The Balaban J connectivity index is 1.61. The molecule has 0 unspecified atom stereocenters. The van der Waals surface area contributed by atoms with Crippen molar-refractivity contribution >= 4 is 33.3 Å². The first-order valence-electron chi connectivity index (χ1n) is 8.17. The number of hydrogen-bond acceptors (Lipinski definition) is 2. The smallest absolute Gasteiger partial charge is 0.321 e.